The summed E-state index contributed by atoms with van der Waals surface area (Å²) in [4.78, 5) is 26.8. The van der Waals surface area contributed by atoms with Crippen molar-refractivity contribution in [3.05, 3.63) is 36.4 Å². The SMILES string of the molecule is COc1ccccc1N1C(=O)[C@H]2[C@H]3C=C[C@@](CO)(O3)[C@H]2C1=O. The van der Waals surface area contributed by atoms with Gasteiger partial charge in [-0.05, 0) is 12.1 Å². The monoisotopic (exact) mass is 301 g/mol. The van der Waals surface area contributed by atoms with E-state index < -0.39 is 23.5 Å². The number of nitrogens with zero attached hydrogens (tertiary/aromatic N) is 1. The number of hydrogen-bond donors (Lipinski definition) is 1. The highest BCUT2D eigenvalue weighted by atomic mass is 16.5. The van der Waals surface area contributed by atoms with Gasteiger partial charge in [0.15, 0.2) is 0 Å². The second-order valence-corrected chi connectivity index (χ2v) is 5.74. The molecule has 3 aliphatic heterocycles. The first-order chi connectivity index (χ1) is 10.6. The number of fused-ring (bicyclic) bond motifs is 5. The van der Waals surface area contributed by atoms with Crippen molar-refractivity contribution in [2.45, 2.75) is 11.7 Å². The van der Waals surface area contributed by atoms with Crippen molar-refractivity contribution in [2.75, 3.05) is 18.6 Å². The molecule has 2 bridgehead atoms. The lowest BCUT2D eigenvalue weighted by molar-refractivity contribution is -0.128. The molecule has 0 saturated carbocycles. The number of aliphatic hydroxyl groups excluding tert-OH is 1. The predicted molar refractivity (Wildman–Crippen MR) is 76.3 cm³/mol. The van der Waals surface area contributed by atoms with Gasteiger partial charge in [-0.2, -0.15) is 0 Å². The van der Waals surface area contributed by atoms with Crippen molar-refractivity contribution in [1.82, 2.24) is 0 Å². The molecule has 2 fully saturated rings. The van der Waals surface area contributed by atoms with Crippen molar-refractivity contribution in [3.63, 3.8) is 0 Å². The van der Waals surface area contributed by atoms with Crippen molar-refractivity contribution in [1.29, 1.82) is 0 Å². The number of carbonyl (C=O) groups is 2. The van der Waals surface area contributed by atoms with Gasteiger partial charge in [0, 0.05) is 0 Å². The van der Waals surface area contributed by atoms with Crippen LogP contribution in [0.3, 0.4) is 0 Å². The molecule has 1 N–H and O–H groups in total. The molecular weight excluding hydrogens is 286 g/mol. The van der Waals surface area contributed by atoms with Crippen LogP contribution >= 0.6 is 0 Å². The standard InChI is InChI=1S/C16H15NO5/c1-21-10-5-3-2-4-9(10)17-14(19)12-11-6-7-16(8-18,22-11)13(12)15(17)20/h2-7,11-13,18H,8H2,1H3/t11-,12+,13-,16+/m1/s1. The van der Waals surface area contributed by atoms with Crippen LogP contribution in [0.15, 0.2) is 36.4 Å². The van der Waals surface area contributed by atoms with E-state index in [1.165, 1.54) is 12.0 Å². The van der Waals surface area contributed by atoms with Crippen LogP contribution in [0.25, 0.3) is 0 Å². The fourth-order valence-corrected chi connectivity index (χ4v) is 3.74. The van der Waals surface area contributed by atoms with Crippen LogP contribution in [0, 0.1) is 11.8 Å². The van der Waals surface area contributed by atoms with E-state index in [4.69, 9.17) is 9.47 Å². The molecule has 0 radical (unpaired) electrons. The molecular formula is C16H15NO5. The Hall–Kier alpha value is -2.18. The Morgan fingerprint density at radius 1 is 1.32 bits per heavy atom. The highest BCUT2D eigenvalue weighted by Crippen LogP contribution is 2.52. The molecule has 22 heavy (non-hydrogen) atoms. The molecule has 4 rings (SSSR count). The van der Waals surface area contributed by atoms with E-state index in [1.807, 2.05) is 0 Å². The third-order valence-electron chi connectivity index (χ3n) is 4.73. The molecule has 2 amide bonds. The average molecular weight is 301 g/mol. The number of imide groups is 1. The maximum absolute atomic E-state index is 12.8. The zero-order valence-electron chi connectivity index (χ0n) is 11.9. The van der Waals surface area contributed by atoms with Crippen LogP contribution in [0.4, 0.5) is 5.69 Å². The van der Waals surface area contributed by atoms with Crippen LogP contribution in [0.5, 0.6) is 5.75 Å². The van der Waals surface area contributed by atoms with Gasteiger partial charge < -0.3 is 14.6 Å². The van der Waals surface area contributed by atoms with Gasteiger partial charge in [0.25, 0.3) is 0 Å². The van der Waals surface area contributed by atoms with E-state index in [-0.39, 0.29) is 18.4 Å². The summed E-state index contributed by atoms with van der Waals surface area (Å²) in [5.41, 5.74) is -0.638. The molecule has 114 valence electrons. The van der Waals surface area contributed by atoms with Crippen LogP contribution in [-0.2, 0) is 14.3 Å². The van der Waals surface area contributed by atoms with Crippen molar-refractivity contribution >= 4 is 17.5 Å². The molecule has 0 unspecified atom stereocenters. The molecule has 1 aromatic rings. The second kappa shape index (κ2) is 4.41. The number of hydrogen-bond acceptors (Lipinski definition) is 5. The number of methoxy groups -OCH3 is 1. The van der Waals surface area contributed by atoms with Gasteiger partial charge in [0.05, 0.1) is 37.3 Å². The quantitative estimate of drug-likeness (QED) is 0.650. The summed E-state index contributed by atoms with van der Waals surface area (Å²) >= 11 is 0. The van der Waals surface area contributed by atoms with Gasteiger partial charge in [-0.1, -0.05) is 24.3 Å². The summed E-state index contributed by atoms with van der Waals surface area (Å²) in [6.07, 6.45) is 3.01. The van der Waals surface area contributed by atoms with E-state index in [0.717, 1.165) is 0 Å². The van der Waals surface area contributed by atoms with Crippen LogP contribution in [-0.4, -0.2) is 42.3 Å². The number of amides is 2. The molecule has 2 saturated heterocycles. The summed E-state index contributed by atoms with van der Waals surface area (Å²) in [5, 5.41) is 9.67. The Kier molecular flexibility index (Phi) is 2.70. The highest BCUT2D eigenvalue weighted by Gasteiger charge is 2.67. The molecule has 1 aromatic carbocycles. The lowest BCUT2D eigenvalue weighted by Gasteiger charge is -2.26. The molecule has 3 heterocycles. The number of aliphatic hydroxyl groups is 1. The third kappa shape index (κ3) is 1.46. The summed E-state index contributed by atoms with van der Waals surface area (Å²) in [6.45, 7) is -0.319. The smallest absolute Gasteiger partial charge is 0.241 e. The molecule has 3 aliphatic rings. The summed E-state index contributed by atoms with van der Waals surface area (Å²) in [5.74, 6) is -1.44. The molecule has 0 aliphatic carbocycles. The Labute approximate surface area is 126 Å². The maximum Gasteiger partial charge on any atom is 0.241 e. The van der Waals surface area contributed by atoms with Gasteiger partial charge in [-0.15, -0.1) is 0 Å². The van der Waals surface area contributed by atoms with Gasteiger partial charge >= 0.3 is 0 Å². The first-order valence-electron chi connectivity index (χ1n) is 7.12. The topological polar surface area (TPSA) is 76.1 Å². The summed E-state index contributed by atoms with van der Waals surface area (Å²) in [6, 6.07) is 6.90. The van der Waals surface area contributed by atoms with Crippen LogP contribution in [0.2, 0.25) is 0 Å². The number of benzene rings is 1. The third-order valence-corrected chi connectivity index (χ3v) is 4.73. The Balaban J connectivity index is 1.80. The van der Waals surface area contributed by atoms with Gasteiger partial charge in [-0.3, -0.25) is 9.59 Å². The van der Waals surface area contributed by atoms with Crippen molar-refractivity contribution in [3.8, 4) is 5.75 Å². The van der Waals surface area contributed by atoms with Gasteiger partial charge in [0.2, 0.25) is 11.8 Å². The fourth-order valence-electron chi connectivity index (χ4n) is 3.74. The first-order valence-corrected chi connectivity index (χ1v) is 7.12. The zero-order valence-corrected chi connectivity index (χ0v) is 11.9. The second-order valence-electron chi connectivity index (χ2n) is 5.74. The van der Waals surface area contributed by atoms with Crippen LogP contribution < -0.4 is 9.64 Å². The van der Waals surface area contributed by atoms with E-state index in [0.29, 0.717) is 11.4 Å². The number of rotatable bonds is 3. The van der Waals surface area contributed by atoms with Crippen molar-refractivity contribution in [2.24, 2.45) is 11.8 Å². The maximum atomic E-state index is 12.8. The molecule has 0 spiro atoms. The van der Waals surface area contributed by atoms with Crippen molar-refractivity contribution < 1.29 is 24.2 Å². The van der Waals surface area contributed by atoms with E-state index in [9.17, 15) is 14.7 Å². The largest absolute Gasteiger partial charge is 0.495 e. The van der Waals surface area contributed by atoms with E-state index in [2.05, 4.69) is 0 Å². The predicted octanol–water partition coefficient (Wildman–Crippen LogP) is 0.500. The Morgan fingerprint density at radius 3 is 2.82 bits per heavy atom. The average Bonchev–Trinajstić information content (AvgIpc) is 3.18. The minimum absolute atomic E-state index is 0.302. The normalized spacial score (nSPS) is 35.4. The first kappa shape index (κ1) is 13.5. The lowest BCUT2D eigenvalue weighted by atomic mass is 9.77. The number of para-hydroxylation sites is 2. The molecule has 4 atom stereocenters. The minimum atomic E-state index is -1.07. The Morgan fingerprint density at radius 2 is 2.09 bits per heavy atom. The summed E-state index contributed by atoms with van der Waals surface area (Å²) < 4.78 is 11.0. The zero-order chi connectivity index (χ0) is 15.5. The highest BCUT2D eigenvalue weighted by molar-refractivity contribution is 6.24. The molecule has 6 nitrogen and oxygen atoms in total. The Bertz CT molecular complexity index is 700. The molecule has 6 heteroatoms. The molecule has 0 aromatic heterocycles. The van der Waals surface area contributed by atoms with Gasteiger partial charge in [-0.25, -0.2) is 4.90 Å². The van der Waals surface area contributed by atoms with Gasteiger partial charge in [0.1, 0.15) is 11.4 Å². The minimum Gasteiger partial charge on any atom is -0.495 e. The lowest BCUT2D eigenvalue weighted by Crippen LogP contribution is -2.43. The number of carbonyl (C=O) groups excluding carboxylic acids is 2. The fraction of sp³-hybridized carbons (Fsp3) is 0.375. The van der Waals surface area contributed by atoms with Crippen LogP contribution in [0.1, 0.15) is 0 Å². The number of ether oxygens (including phenoxy) is 2. The number of anilines is 1. The van der Waals surface area contributed by atoms with E-state index >= 15 is 0 Å². The van der Waals surface area contributed by atoms with E-state index in [1.54, 1.807) is 36.4 Å². The summed E-state index contributed by atoms with van der Waals surface area (Å²) in [7, 11) is 1.49.